The molecular weight excluding hydrogens is 518 g/mol. The Kier molecular flexibility index (Phi) is 8.17. The Balaban J connectivity index is 1.56. The second-order valence-electron chi connectivity index (χ2n) is 11.0. The molecule has 0 aliphatic carbocycles. The molecule has 210 valence electrons. The van der Waals surface area contributed by atoms with Gasteiger partial charge in [0.05, 0.1) is 28.6 Å². The fraction of sp³-hybridized carbons (Fsp3) is 0.567. The van der Waals surface area contributed by atoms with Crippen LogP contribution in [0.15, 0.2) is 42.5 Å². The number of halogens is 1. The molecule has 4 heterocycles. The van der Waals surface area contributed by atoms with Gasteiger partial charge in [-0.25, -0.2) is 0 Å². The lowest BCUT2D eigenvalue weighted by atomic mass is 9.77. The van der Waals surface area contributed by atoms with E-state index in [-0.39, 0.29) is 30.9 Å². The van der Waals surface area contributed by atoms with Crippen molar-refractivity contribution in [1.29, 1.82) is 0 Å². The van der Waals surface area contributed by atoms with Crippen LogP contribution in [0.3, 0.4) is 0 Å². The van der Waals surface area contributed by atoms with E-state index in [1.165, 1.54) is 0 Å². The number of ether oxygens (including phenoxy) is 1. The highest BCUT2D eigenvalue weighted by Gasteiger charge is 2.71. The highest BCUT2D eigenvalue weighted by Crippen LogP contribution is 2.54. The van der Waals surface area contributed by atoms with Crippen molar-refractivity contribution in [2.75, 3.05) is 37.7 Å². The Morgan fingerprint density at radius 1 is 1.03 bits per heavy atom. The highest BCUT2D eigenvalue weighted by atomic mass is 35.5. The maximum absolute atomic E-state index is 14.5. The Hall–Kier alpha value is -2.68. The zero-order valence-corrected chi connectivity index (χ0v) is 23.5. The largest absolute Gasteiger partial charge is 0.396 e. The number of anilines is 1. The number of aliphatic hydroxyl groups is 1. The molecule has 1 unspecified atom stereocenters. The number of rotatable bonds is 9. The van der Waals surface area contributed by atoms with E-state index in [0.29, 0.717) is 43.2 Å². The maximum atomic E-state index is 14.5. The molecule has 4 aliphatic heterocycles. The van der Waals surface area contributed by atoms with E-state index < -0.39 is 29.6 Å². The molecule has 2 saturated heterocycles. The summed E-state index contributed by atoms with van der Waals surface area (Å²) in [6, 6.07) is 4.62. The number of nitrogens with zero attached hydrogens (tertiary/aromatic N) is 3. The summed E-state index contributed by atoms with van der Waals surface area (Å²) in [5.74, 6) is -2.01. The lowest BCUT2D eigenvalue weighted by molar-refractivity contribution is -0.144. The number of hydrogen-bond donors (Lipinski definition) is 1. The third-order valence-electron chi connectivity index (χ3n) is 8.50. The Labute approximate surface area is 235 Å². The summed E-state index contributed by atoms with van der Waals surface area (Å²) in [6.07, 6.45) is 10.9. The third-order valence-corrected chi connectivity index (χ3v) is 8.81. The number of aryl methyl sites for hydroxylation is 1. The molecule has 3 amide bonds. The van der Waals surface area contributed by atoms with Crippen LogP contribution in [0.25, 0.3) is 0 Å². The third kappa shape index (κ3) is 4.70. The van der Waals surface area contributed by atoms with E-state index in [2.05, 4.69) is 0 Å². The number of hydrogen-bond acceptors (Lipinski definition) is 5. The fourth-order valence-electron chi connectivity index (χ4n) is 6.81. The SMILES string of the molecule is CCCN1CC=C[C@H]2O[C@]34C=CCN(c5c(C)cccc5Cl)C(=O)C3N(CCCCCCO)C(=O)[C@@H]4[C@H]2C1=O. The summed E-state index contributed by atoms with van der Waals surface area (Å²) in [5, 5.41) is 9.62. The van der Waals surface area contributed by atoms with Crippen molar-refractivity contribution in [3.63, 3.8) is 0 Å². The standard InChI is InChI=1S/C30H38ClN3O5/c1-3-15-32-16-9-13-22-23(27(32)36)24-28(37)34(17-6-4-5-7-19-35)26-29(38)33(18-10-14-30(24,26)39-22)25-20(2)11-8-12-21(25)31/h8-14,22-24,26,35H,3-7,15-19H2,1-2H3/t22-,23+,24+,26?,30+/m1/s1. The lowest BCUT2D eigenvalue weighted by Crippen LogP contribution is -2.55. The molecular formula is C30H38ClN3O5. The Morgan fingerprint density at radius 3 is 2.56 bits per heavy atom. The molecule has 8 nitrogen and oxygen atoms in total. The molecule has 1 spiro atoms. The van der Waals surface area contributed by atoms with E-state index >= 15 is 0 Å². The molecule has 4 aliphatic rings. The van der Waals surface area contributed by atoms with Crippen molar-refractivity contribution in [3.8, 4) is 0 Å². The molecule has 1 aromatic rings. The van der Waals surface area contributed by atoms with Crippen LogP contribution in [0.2, 0.25) is 5.02 Å². The van der Waals surface area contributed by atoms with Crippen LogP contribution in [-0.4, -0.2) is 83.2 Å². The van der Waals surface area contributed by atoms with Crippen LogP contribution in [0.5, 0.6) is 0 Å². The summed E-state index contributed by atoms with van der Waals surface area (Å²) in [5.41, 5.74) is 0.248. The van der Waals surface area contributed by atoms with Gasteiger partial charge in [-0.3, -0.25) is 14.4 Å². The van der Waals surface area contributed by atoms with E-state index in [4.69, 9.17) is 21.4 Å². The van der Waals surface area contributed by atoms with Crippen molar-refractivity contribution in [1.82, 2.24) is 9.80 Å². The van der Waals surface area contributed by atoms with Crippen LogP contribution in [0, 0.1) is 18.8 Å². The number of benzene rings is 1. The summed E-state index contributed by atoms with van der Waals surface area (Å²) in [7, 11) is 0. The molecule has 39 heavy (non-hydrogen) atoms. The van der Waals surface area contributed by atoms with Crippen molar-refractivity contribution in [3.05, 3.63) is 53.1 Å². The van der Waals surface area contributed by atoms with Gasteiger partial charge in [0.25, 0.3) is 5.91 Å². The van der Waals surface area contributed by atoms with E-state index in [9.17, 15) is 14.4 Å². The second kappa shape index (κ2) is 11.4. The van der Waals surface area contributed by atoms with E-state index in [0.717, 1.165) is 24.8 Å². The maximum Gasteiger partial charge on any atom is 0.253 e. The second-order valence-corrected chi connectivity index (χ2v) is 11.4. The molecule has 5 atom stereocenters. The number of likely N-dealkylation sites (tertiary alicyclic amines) is 1. The van der Waals surface area contributed by atoms with Crippen molar-refractivity contribution in [2.24, 2.45) is 11.8 Å². The van der Waals surface area contributed by atoms with Crippen molar-refractivity contribution in [2.45, 2.75) is 63.7 Å². The van der Waals surface area contributed by atoms with Gasteiger partial charge in [0.1, 0.15) is 11.6 Å². The first-order valence-electron chi connectivity index (χ1n) is 14.1. The van der Waals surface area contributed by atoms with Gasteiger partial charge in [-0.2, -0.15) is 0 Å². The van der Waals surface area contributed by atoms with Crippen LogP contribution in [-0.2, 0) is 19.1 Å². The molecule has 0 radical (unpaired) electrons. The predicted molar refractivity (Wildman–Crippen MR) is 149 cm³/mol. The molecule has 9 heteroatoms. The first-order valence-corrected chi connectivity index (χ1v) is 14.5. The van der Waals surface area contributed by atoms with E-state index in [1.54, 1.807) is 20.8 Å². The Bertz CT molecular complexity index is 1160. The summed E-state index contributed by atoms with van der Waals surface area (Å²) in [4.78, 5) is 47.7. The first kappa shape index (κ1) is 27.9. The predicted octanol–water partition coefficient (Wildman–Crippen LogP) is 3.49. The van der Waals surface area contributed by atoms with Gasteiger partial charge in [0.2, 0.25) is 11.8 Å². The molecule has 5 rings (SSSR count). The number of para-hydroxylation sites is 1. The topological polar surface area (TPSA) is 90.4 Å². The minimum atomic E-state index is -1.24. The van der Waals surface area contributed by atoms with Gasteiger partial charge in [0, 0.05) is 32.8 Å². The van der Waals surface area contributed by atoms with Gasteiger partial charge >= 0.3 is 0 Å². The van der Waals surface area contributed by atoms with Gasteiger partial charge in [-0.15, -0.1) is 0 Å². The smallest absolute Gasteiger partial charge is 0.253 e. The first-order chi connectivity index (χ1) is 18.9. The van der Waals surface area contributed by atoms with Crippen molar-refractivity contribution >= 4 is 35.0 Å². The van der Waals surface area contributed by atoms with Crippen LogP contribution in [0.1, 0.15) is 44.6 Å². The average Bonchev–Trinajstić information content (AvgIpc) is 3.22. The zero-order valence-electron chi connectivity index (χ0n) is 22.7. The summed E-state index contributed by atoms with van der Waals surface area (Å²) < 4.78 is 6.70. The quantitative estimate of drug-likeness (QED) is 0.372. The highest BCUT2D eigenvalue weighted by molar-refractivity contribution is 6.34. The monoisotopic (exact) mass is 555 g/mol. The van der Waals surface area contributed by atoms with E-state index in [1.807, 2.05) is 50.3 Å². The number of carbonyl (C=O) groups excluding carboxylic acids is 3. The summed E-state index contributed by atoms with van der Waals surface area (Å²) in [6.45, 7) is 5.83. The molecule has 1 N–H and O–H groups in total. The number of unbranched alkanes of at least 4 members (excludes halogenated alkanes) is 3. The molecule has 1 aromatic carbocycles. The lowest BCUT2D eigenvalue weighted by Gasteiger charge is -2.36. The normalized spacial score (nSPS) is 29.9. The minimum Gasteiger partial charge on any atom is -0.396 e. The number of amides is 3. The van der Waals surface area contributed by atoms with Gasteiger partial charge < -0.3 is 24.5 Å². The molecule has 0 saturated carbocycles. The fourth-order valence-corrected chi connectivity index (χ4v) is 7.14. The summed E-state index contributed by atoms with van der Waals surface area (Å²) >= 11 is 6.60. The minimum absolute atomic E-state index is 0.0884. The zero-order chi connectivity index (χ0) is 27.7. The van der Waals surface area contributed by atoms with Crippen LogP contribution in [0.4, 0.5) is 5.69 Å². The number of carbonyl (C=O) groups is 3. The Morgan fingerprint density at radius 2 is 1.82 bits per heavy atom. The number of fused-ring (bicyclic) bond motifs is 2. The number of aliphatic hydroxyl groups excluding tert-OH is 1. The molecule has 0 aromatic heterocycles. The van der Waals surface area contributed by atoms with Gasteiger partial charge in [-0.1, -0.05) is 67.8 Å². The molecule has 2 fully saturated rings. The average molecular weight is 556 g/mol. The van der Waals surface area contributed by atoms with Crippen molar-refractivity contribution < 1.29 is 24.2 Å². The molecule has 0 bridgehead atoms. The van der Waals surface area contributed by atoms with Crippen LogP contribution >= 0.6 is 11.6 Å². The van der Waals surface area contributed by atoms with Gasteiger partial charge in [0.15, 0.2) is 0 Å². The van der Waals surface area contributed by atoms with Crippen LogP contribution < -0.4 is 4.90 Å². The van der Waals surface area contributed by atoms with Gasteiger partial charge in [-0.05, 0) is 37.8 Å².